The van der Waals surface area contributed by atoms with E-state index in [9.17, 15) is 0 Å². The predicted octanol–water partition coefficient (Wildman–Crippen LogP) is 3.34. The van der Waals surface area contributed by atoms with E-state index in [0.717, 1.165) is 11.0 Å². The molecule has 0 spiro atoms. The lowest BCUT2D eigenvalue weighted by atomic mass is 10.3. The van der Waals surface area contributed by atoms with Gasteiger partial charge in [-0.1, -0.05) is 12.1 Å². The van der Waals surface area contributed by atoms with Gasteiger partial charge in [0.1, 0.15) is 0 Å². The van der Waals surface area contributed by atoms with Gasteiger partial charge in [-0.2, -0.15) is 15.0 Å². The summed E-state index contributed by atoms with van der Waals surface area (Å²) in [6.07, 6.45) is -0.0347. The first kappa shape index (κ1) is 14.1. The molecular formula is C13H12ClN5OS. The van der Waals surface area contributed by atoms with Crippen molar-refractivity contribution in [2.24, 2.45) is 0 Å². The Kier molecular flexibility index (Phi) is 3.94. The summed E-state index contributed by atoms with van der Waals surface area (Å²) < 4.78 is 5.44. The highest BCUT2D eigenvalue weighted by Crippen LogP contribution is 2.26. The molecule has 3 rings (SSSR count). The summed E-state index contributed by atoms with van der Waals surface area (Å²) in [4.78, 5) is 19.9. The number of nitrogens with one attached hydrogen (secondary N) is 1. The lowest BCUT2D eigenvalue weighted by Gasteiger charge is -2.07. The zero-order chi connectivity index (χ0) is 14.8. The van der Waals surface area contributed by atoms with E-state index in [1.165, 1.54) is 11.8 Å². The van der Waals surface area contributed by atoms with Gasteiger partial charge >= 0.3 is 6.01 Å². The van der Waals surface area contributed by atoms with Gasteiger partial charge < -0.3 is 9.72 Å². The second kappa shape index (κ2) is 5.87. The topological polar surface area (TPSA) is 76.6 Å². The Labute approximate surface area is 130 Å². The summed E-state index contributed by atoms with van der Waals surface area (Å²) >= 11 is 7.17. The molecule has 0 atom stereocenters. The molecule has 8 heteroatoms. The van der Waals surface area contributed by atoms with Crippen LogP contribution in [-0.4, -0.2) is 31.0 Å². The molecule has 0 unspecified atom stereocenters. The largest absolute Gasteiger partial charge is 0.461 e. The third-order valence-corrected chi connectivity index (χ3v) is 3.38. The van der Waals surface area contributed by atoms with Gasteiger partial charge in [0.25, 0.3) is 0 Å². The molecule has 3 aromatic rings. The standard InChI is InChI=1S/C13H12ClN5OS/c1-7(2)20-11-17-10(14)18-13(19-11)21-12-15-8-5-3-4-6-9(8)16-12/h3-7H,1-2H3,(H,15,16). The molecule has 2 aromatic heterocycles. The average Bonchev–Trinajstić information content (AvgIpc) is 2.78. The molecular weight excluding hydrogens is 310 g/mol. The van der Waals surface area contributed by atoms with Crippen LogP contribution in [-0.2, 0) is 0 Å². The molecule has 6 nitrogen and oxygen atoms in total. The molecule has 0 radical (unpaired) electrons. The number of halogens is 1. The normalized spacial score (nSPS) is 11.2. The maximum Gasteiger partial charge on any atom is 0.322 e. The molecule has 2 heterocycles. The zero-order valence-corrected chi connectivity index (χ0v) is 12.9. The van der Waals surface area contributed by atoms with Crippen LogP contribution in [0.15, 0.2) is 34.6 Å². The van der Waals surface area contributed by atoms with Crippen LogP contribution in [0.1, 0.15) is 13.8 Å². The summed E-state index contributed by atoms with van der Waals surface area (Å²) in [5.41, 5.74) is 1.85. The van der Waals surface area contributed by atoms with Gasteiger partial charge in [0.15, 0.2) is 5.16 Å². The summed E-state index contributed by atoms with van der Waals surface area (Å²) in [5.74, 6) is 0. The van der Waals surface area contributed by atoms with Crippen molar-refractivity contribution in [1.82, 2.24) is 24.9 Å². The average molecular weight is 322 g/mol. The van der Waals surface area contributed by atoms with Gasteiger partial charge in [0.05, 0.1) is 17.1 Å². The fourth-order valence-corrected chi connectivity index (χ4v) is 2.62. The monoisotopic (exact) mass is 321 g/mol. The molecule has 0 saturated heterocycles. The van der Waals surface area contributed by atoms with E-state index in [4.69, 9.17) is 16.3 Å². The highest BCUT2D eigenvalue weighted by Gasteiger charge is 2.11. The lowest BCUT2D eigenvalue weighted by molar-refractivity contribution is 0.219. The Morgan fingerprint density at radius 1 is 1.14 bits per heavy atom. The van der Waals surface area contributed by atoms with Crippen molar-refractivity contribution in [2.45, 2.75) is 30.3 Å². The minimum atomic E-state index is -0.0347. The van der Waals surface area contributed by atoms with Gasteiger partial charge in [-0.25, -0.2) is 4.98 Å². The van der Waals surface area contributed by atoms with E-state index >= 15 is 0 Å². The van der Waals surface area contributed by atoms with Crippen molar-refractivity contribution in [2.75, 3.05) is 0 Å². The minimum absolute atomic E-state index is 0.0347. The van der Waals surface area contributed by atoms with Crippen molar-refractivity contribution in [3.63, 3.8) is 0 Å². The Hall–Kier alpha value is -1.86. The van der Waals surface area contributed by atoms with Crippen LogP contribution in [0.25, 0.3) is 11.0 Å². The van der Waals surface area contributed by atoms with E-state index in [1.54, 1.807) is 0 Å². The second-order valence-electron chi connectivity index (χ2n) is 4.50. The van der Waals surface area contributed by atoms with Crippen LogP contribution in [0, 0.1) is 0 Å². The number of benzene rings is 1. The molecule has 0 aliphatic carbocycles. The highest BCUT2D eigenvalue weighted by molar-refractivity contribution is 7.99. The van der Waals surface area contributed by atoms with Gasteiger partial charge in [-0.3, -0.25) is 0 Å². The smallest absolute Gasteiger partial charge is 0.322 e. The van der Waals surface area contributed by atoms with Crippen molar-refractivity contribution in [3.05, 3.63) is 29.5 Å². The Balaban J connectivity index is 1.88. The minimum Gasteiger partial charge on any atom is -0.461 e. The molecule has 0 amide bonds. The van der Waals surface area contributed by atoms with Crippen LogP contribution in [0.5, 0.6) is 6.01 Å². The van der Waals surface area contributed by atoms with E-state index in [0.29, 0.717) is 10.3 Å². The number of ether oxygens (including phenoxy) is 1. The van der Waals surface area contributed by atoms with Crippen LogP contribution >= 0.6 is 23.4 Å². The van der Waals surface area contributed by atoms with Gasteiger partial charge in [0, 0.05) is 0 Å². The molecule has 0 saturated carbocycles. The van der Waals surface area contributed by atoms with Gasteiger partial charge in [0.2, 0.25) is 10.4 Å². The first-order valence-electron chi connectivity index (χ1n) is 6.31. The Morgan fingerprint density at radius 3 is 2.71 bits per heavy atom. The van der Waals surface area contributed by atoms with Crippen molar-refractivity contribution < 1.29 is 4.74 Å². The number of H-pyrrole nitrogens is 1. The summed E-state index contributed by atoms with van der Waals surface area (Å²) in [6, 6.07) is 7.99. The zero-order valence-electron chi connectivity index (χ0n) is 11.4. The summed E-state index contributed by atoms with van der Waals surface area (Å²) in [7, 11) is 0. The van der Waals surface area contributed by atoms with Gasteiger partial charge in [-0.05, 0) is 49.3 Å². The Bertz CT molecular complexity index is 743. The van der Waals surface area contributed by atoms with Crippen LogP contribution in [0.2, 0.25) is 5.28 Å². The predicted molar refractivity (Wildman–Crippen MR) is 80.8 cm³/mol. The number of fused-ring (bicyclic) bond motifs is 1. The van der Waals surface area contributed by atoms with Crippen molar-refractivity contribution >= 4 is 34.4 Å². The number of hydrogen-bond donors (Lipinski definition) is 1. The maximum atomic E-state index is 5.89. The van der Waals surface area contributed by atoms with E-state index < -0.39 is 0 Å². The van der Waals surface area contributed by atoms with Crippen LogP contribution < -0.4 is 4.74 Å². The number of nitrogens with zero attached hydrogens (tertiary/aromatic N) is 4. The van der Waals surface area contributed by atoms with Gasteiger partial charge in [-0.15, -0.1) is 0 Å². The number of imidazole rings is 1. The van der Waals surface area contributed by atoms with Crippen molar-refractivity contribution in [1.29, 1.82) is 0 Å². The summed E-state index contributed by atoms with van der Waals surface area (Å²) in [5, 5.41) is 1.22. The lowest BCUT2D eigenvalue weighted by Crippen LogP contribution is -2.09. The molecule has 1 aromatic carbocycles. The molecule has 0 aliphatic heterocycles. The number of para-hydroxylation sites is 2. The van der Waals surface area contributed by atoms with E-state index in [-0.39, 0.29) is 17.4 Å². The number of rotatable bonds is 4. The SMILES string of the molecule is CC(C)Oc1nc(Cl)nc(Sc2nc3ccccc3[nH]2)n1. The van der Waals surface area contributed by atoms with Crippen LogP contribution in [0.4, 0.5) is 0 Å². The first-order valence-corrected chi connectivity index (χ1v) is 7.50. The van der Waals surface area contributed by atoms with Crippen LogP contribution in [0.3, 0.4) is 0 Å². The third-order valence-electron chi connectivity index (χ3n) is 2.46. The first-order chi connectivity index (χ1) is 10.1. The Morgan fingerprint density at radius 2 is 1.95 bits per heavy atom. The fraction of sp³-hybridized carbons (Fsp3) is 0.231. The molecule has 1 N–H and O–H groups in total. The third kappa shape index (κ3) is 3.43. The second-order valence-corrected chi connectivity index (χ2v) is 5.79. The maximum absolute atomic E-state index is 5.89. The number of aromatic nitrogens is 5. The quantitative estimate of drug-likeness (QED) is 0.794. The molecule has 0 bridgehead atoms. The van der Waals surface area contributed by atoms with E-state index in [2.05, 4.69) is 24.9 Å². The molecule has 0 aliphatic rings. The number of hydrogen-bond acceptors (Lipinski definition) is 6. The summed E-state index contributed by atoms with van der Waals surface area (Å²) in [6.45, 7) is 3.79. The van der Waals surface area contributed by atoms with E-state index in [1.807, 2.05) is 38.1 Å². The molecule has 108 valence electrons. The molecule has 21 heavy (non-hydrogen) atoms. The molecule has 0 fully saturated rings. The van der Waals surface area contributed by atoms with Crippen molar-refractivity contribution in [3.8, 4) is 6.01 Å². The highest BCUT2D eigenvalue weighted by atomic mass is 35.5. The number of aromatic amines is 1. The fourth-order valence-electron chi connectivity index (χ4n) is 1.69.